The monoisotopic (exact) mass is 125 g/mol. The predicted octanol–water partition coefficient (Wildman–Crippen LogP) is 0.493. The SMILES string of the molecule is CCC(=O)C1C=CCN1. The summed E-state index contributed by atoms with van der Waals surface area (Å²) in [5.74, 6) is 0.281. The van der Waals surface area contributed by atoms with Gasteiger partial charge in [-0.1, -0.05) is 19.1 Å². The minimum atomic E-state index is 0.00926. The molecule has 0 radical (unpaired) electrons. The van der Waals surface area contributed by atoms with Crippen molar-refractivity contribution in [1.29, 1.82) is 0 Å². The Bertz CT molecular complexity index is 140. The lowest BCUT2D eigenvalue weighted by molar-refractivity contribution is -0.119. The molecule has 1 aliphatic rings. The third kappa shape index (κ3) is 1.39. The molecule has 0 aliphatic carbocycles. The van der Waals surface area contributed by atoms with Crippen molar-refractivity contribution in [3.05, 3.63) is 12.2 Å². The van der Waals surface area contributed by atoms with E-state index in [1.807, 2.05) is 19.1 Å². The van der Waals surface area contributed by atoms with E-state index in [0.29, 0.717) is 6.42 Å². The number of hydrogen-bond acceptors (Lipinski definition) is 2. The van der Waals surface area contributed by atoms with Crippen molar-refractivity contribution < 1.29 is 4.79 Å². The molecular weight excluding hydrogens is 114 g/mol. The maximum Gasteiger partial charge on any atom is 0.153 e. The molecule has 1 atom stereocenters. The predicted molar refractivity (Wildman–Crippen MR) is 36.2 cm³/mol. The van der Waals surface area contributed by atoms with Crippen LogP contribution in [-0.4, -0.2) is 18.4 Å². The van der Waals surface area contributed by atoms with Gasteiger partial charge in [0.2, 0.25) is 0 Å². The van der Waals surface area contributed by atoms with Crippen molar-refractivity contribution in [2.24, 2.45) is 0 Å². The van der Waals surface area contributed by atoms with Crippen molar-refractivity contribution in [2.75, 3.05) is 6.54 Å². The van der Waals surface area contributed by atoms with E-state index in [1.165, 1.54) is 0 Å². The second kappa shape index (κ2) is 2.78. The molecule has 0 fully saturated rings. The molecule has 2 heteroatoms. The number of Topliss-reactive ketones (excluding diaryl/α,β-unsaturated/α-hetero) is 1. The highest BCUT2D eigenvalue weighted by atomic mass is 16.1. The summed E-state index contributed by atoms with van der Waals surface area (Å²) in [5.41, 5.74) is 0. The Labute approximate surface area is 54.9 Å². The minimum absolute atomic E-state index is 0.00926. The summed E-state index contributed by atoms with van der Waals surface area (Å²) < 4.78 is 0. The largest absolute Gasteiger partial charge is 0.301 e. The third-order valence-corrected chi connectivity index (χ3v) is 1.48. The number of carbonyl (C=O) groups excluding carboxylic acids is 1. The number of ketones is 1. The van der Waals surface area contributed by atoms with Gasteiger partial charge in [0.25, 0.3) is 0 Å². The fourth-order valence-electron chi connectivity index (χ4n) is 0.908. The van der Waals surface area contributed by atoms with Crippen molar-refractivity contribution in [1.82, 2.24) is 5.32 Å². The Morgan fingerprint density at radius 1 is 1.89 bits per heavy atom. The van der Waals surface area contributed by atoms with E-state index in [2.05, 4.69) is 5.32 Å². The van der Waals surface area contributed by atoms with E-state index in [1.54, 1.807) is 0 Å². The Hall–Kier alpha value is -0.630. The zero-order valence-corrected chi connectivity index (χ0v) is 5.55. The summed E-state index contributed by atoms with van der Waals surface area (Å²) >= 11 is 0. The minimum Gasteiger partial charge on any atom is -0.301 e. The van der Waals surface area contributed by atoms with Crippen molar-refractivity contribution in [2.45, 2.75) is 19.4 Å². The molecule has 50 valence electrons. The van der Waals surface area contributed by atoms with Crippen LogP contribution in [0.15, 0.2) is 12.2 Å². The standard InChI is InChI=1S/C7H11NO/c1-2-7(9)6-4-3-5-8-6/h3-4,6,8H,2,5H2,1H3. The van der Waals surface area contributed by atoms with E-state index in [4.69, 9.17) is 0 Å². The van der Waals surface area contributed by atoms with Gasteiger partial charge in [0.05, 0.1) is 6.04 Å². The first-order valence-electron chi connectivity index (χ1n) is 3.27. The molecule has 0 aromatic heterocycles. The summed E-state index contributed by atoms with van der Waals surface area (Å²) in [6.45, 7) is 2.73. The van der Waals surface area contributed by atoms with E-state index >= 15 is 0 Å². The number of rotatable bonds is 2. The molecule has 1 aliphatic heterocycles. The van der Waals surface area contributed by atoms with Crippen LogP contribution < -0.4 is 5.32 Å². The fraction of sp³-hybridized carbons (Fsp3) is 0.571. The van der Waals surface area contributed by atoms with Gasteiger partial charge >= 0.3 is 0 Å². The average molecular weight is 125 g/mol. The first kappa shape index (κ1) is 6.49. The highest BCUT2D eigenvalue weighted by molar-refractivity contribution is 5.86. The Morgan fingerprint density at radius 2 is 2.67 bits per heavy atom. The molecule has 0 saturated heterocycles. The van der Waals surface area contributed by atoms with Crippen LogP contribution in [0.5, 0.6) is 0 Å². The van der Waals surface area contributed by atoms with Crippen LogP contribution in [0.1, 0.15) is 13.3 Å². The molecule has 9 heavy (non-hydrogen) atoms. The first-order chi connectivity index (χ1) is 4.34. The third-order valence-electron chi connectivity index (χ3n) is 1.48. The molecule has 0 bridgehead atoms. The van der Waals surface area contributed by atoms with Gasteiger partial charge in [-0.3, -0.25) is 4.79 Å². The lowest BCUT2D eigenvalue weighted by atomic mass is 10.1. The molecule has 0 amide bonds. The average Bonchev–Trinajstić information content (AvgIpc) is 2.37. The highest BCUT2D eigenvalue weighted by Crippen LogP contribution is 1.98. The summed E-state index contributed by atoms with van der Waals surface area (Å²) in [7, 11) is 0. The van der Waals surface area contributed by atoms with Crippen LogP contribution in [0.3, 0.4) is 0 Å². The molecule has 0 spiro atoms. The van der Waals surface area contributed by atoms with Gasteiger partial charge in [0, 0.05) is 13.0 Å². The second-order valence-corrected chi connectivity index (χ2v) is 2.13. The number of carbonyl (C=O) groups is 1. The smallest absolute Gasteiger partial charge is 0.153 e. The van der Waals surface area contributed by atoms with Gasteiger partial charge in [0.15, 0.2) is 5.78 Å². The molecule has 1 rings (SSSR count). The van der Waals surface area contributed by atoms with Gasteiger partial charge in [0.1, 0.15) is 0 Å². The van der Waals surface area contributed by atoms with Gasteiger partial charge in [-0.25, -0.2) is 0 Å². The summed E-state index contributed by atoms with van der Waals surface area (Å²) in [6, 6.07) is 0.00926. The Balaban J connectivity index is 2.43. The zero-order chi connectivity index (χ0) is 6.69. The Kier molecular flexibility index (Phi) is 2.01. The van der Waals surface area contributed by atoms with E-state index in [-0.39, 0.29) is 11.8 Å². The van der Waals surface area contributed by atoms with Crippen LogP contribution in [0.2, 0.25) is 0 Å². The van der Waals surface area contributed by atoms with Crippen LogP contribution >= 0.6 is 0 Å². The molecule has 1 unspecified atom stereocenters. The summed E-state index contributed by atoms with van der Waals surface area (Å²) in [4.78, 5) is 10.9. The molecule has 0 aromatic rings. The van der Waals surface area contributed by atoms with Crippen LogP contribution in [-0.2, 0) is 4.79 Å². The summed E-state index contributed by atoms with van der Waals surface area (Å²) in [5, 5.41) is 3.05. The van der Waals surface area contributed by atoms with E-state index < -0.39 is 0 Å². The number of nitrogens with one attached hydrogen (secondary N) is 1. The second-order valence-electron chi connectivity index (χ2n) is 2.13. The van der Waals surface area contributed by atoms with E-state index in [9.17, 15) is 4.79 Å². The first-order valence-corrected chi connectivity index (χ1v) is 3.27. The van der Waals surface area contributed by atoms with Crippen molar-refractivity contribution in [3.8, 4) is 0 Å². The fourth-order valence-corrected chi connectivity index (χ4v) is 0.908. The van der Waals surface area contributed by atoms with Crippen LogP contribution in [0.4, 0.5) is 0 Å². The molecule has 2 nitrogen and oxygen atoms in total. The molecule has 1 heterocycles. The lowest BCUT2D eigenvalue weighted by Crippen LogP contribution is -2.30. The van der Waals surface area contributed by atoms with Crippen LogP contribution in [0.25, 0.3) is 0 Å². The molecular formula is C7H11NO. The molecule has 1 N–H and O–H groups in total. The molecule has 0 aromatic carbocycles. The highest BCUT2D eigenvalue weighted by Gasteiger charge is 2.14. The van der Waals surface area contributed by atoms with Crippen molar-refractivity contribution >= 4 is 5.78 Å². The van der Waals surface area contributed by atoms with Gasteiger partial charge in [-0.2, -0.15) is 0 Å². The maximum absolute atomic E-state index is 10.9. The normalized spacial score (nSPS) is 24.8. The Morgan fingerprint density at radius 3 is 3.11 bits per heavy atom. The molecule has 0 saturated carbocycles. The van der Waals surface area contributed by atoms with Crippen molar-refractivity contribution in [3.63, 3.8) is 0 Å². The van der Waals surface area contributed by atoms with E-state index in [0.717, 1.165) is 6.54 Å². The summed E-state index contributed by atoms with van der Waals surface area (Å²) in [6.07, 6.45) is 4.53. The van der Waals surface area contributed by atoms with Gasteiger partial charge < -0.3 is 5.32 Å². The zero-order valence-electron chi connectivity index (χ0n) is 5.55. The van der Waals surface area contributed by atoms with Crippen LogP contribution in [0, 0.1) is 0 Å². The number of hydrogen-bond donors (Lipinski definition) is 1. The van der Waals surface area contributed by atoms with Gasteiger partial charge in [-0.15, -0.1) is 0 Å². The quantitative estimate of drug-likeness (QED) is 0.544. The topological polar surface area (TPSA) is 29.1 Å². The van der Waals surface area contributed by atoms with Gasteiger partial charge in [-0.05, 0) is 0 Å². The lowest BCUT2D eigenvalue weighted by Gasteiger charge is -2.03. The maximum atomic E-state index is 10.9.